The van der Waals surface area contributed by atoms with Crippen molar-refractivity contribution in [2.75, 3.05) is 37.6 Å². The van der Waals surface area contributed by atoms with Gasteiger partial charge in [-0.3, -0.25) is 14.5 Å². The second kappa shape index (κ2) is 10.4. The van der Waals surface area contributed by atoms with E-state index in [9.17, 15) is 9.59 Å². The molecule has 2 atom stereocenters. The molecule has 2 N–H and O–H groups in total. The van der Waals surface area contributed by atoms with Crippen LogP contribution in [0.5, 0.6) is 0 Å². The lowest BCUT2D eigenvalue weighted by Crippen LogP contribution is -2.53. The molecule has 0 bridgehead atoms. The largest absolute Gasteiger partial charge is 0.354 e. The fraction of sp³-hybridized carbons (Fsp3) is 0.409. The molecular formula is C22H28ClN5O2. The van der Waals surface area contributed by atoms with Gasteiger partial charge in [-0.15, -0.1) is 0 Å². The van der Waals surface area contributed by atoms with Crippen molar-refractivity contribution in [1.29, 1.82) is 0 Å². The van der Waals surface area contributed by atoms with Crippen LogP contribution < -0.4 is 15.5 Å². The van der Waals surface area contributed by atoms with Crippen molar-refractivity contribution in [3.05, 3.63) is 59.2 Å². The first kappa shape index (κ1) is 22.1. The van der Waals surface area contributed by atoms with Crippen molar-refractivity contribution in [1.82, 2.24) is 20.5 Å². The average molecular weight is 430 g/mol. The third-order valence-electron chi connectivity index (χ3n) is 5.11. The molecule has 0 radical (unpaired) electrons. The highest BCUT2D eigenvalue weighted by Gasteiger charge is 2.22. The van der Waals surface area contributed by atoms with E-state index in [2.05, 4.69) is 25.4 Å². The smallest absolute Gasteiger partial charge is 0.251 e. The van der Waals surface area contributed by atoms with Crippen LogP contribution in [0.25, 0.3) is 0 Å². The normalized spacial score (nSPS) is 16.6. The molecule has 30 heavy (non-hydrogen) atoms. The molecule has 0 spiro atoms. The highest BCUT2D eigenvalue weighted by atomic mass is 35.5. The Hall–Kier alpha value is -2.64. The Bertz CT molecular complexity index is 838. The summed E-state index contributed by atoms with van der Waals surface area (Å²) in [7, 11) is 0. The number of pyridine rings is 1. The summed E-state index contributed by atoms with van der Waals surface area (Å²) in [6.45, 7) is 8.08. The summed E-state index contributed by atoms with van der Waals surface area (Å²) in [5, 5.41) is 6.28. The van der Waals surface area contributed by atoms with Gasteiger partial charge in [0, 0.05) is 55.5 Å². The predicted octanol–water partition coefficient (Wildman–Crippen LogP) is 2.18. The molecule has 1 aromatic carbocycles. The standard InChI is InChI=1S/C22H28ClN5O2/c1-16(15-27-11-13-28(14-12-27)20-5-3-4-10-24-20)25-21(29)17(2)26-22(30)18-6-8-19(23)9-7-18/h3-10,16-17H,11-15H2,1-2H3,(H,25,29)(H,26,30). The molecule has 2 aromatic rings. The van der Waals surface area contributed by atoms with E-state index in [1.165, 1.54) is 0 Å². The maximum absolute atomic E-state index is 12.5. The van der Waals surface area contributed by atoms with Gasteiger partial charge < -0.3 is 15.5 Å². The molecule has 2 unspecified atom stereocenters. The SMILES string of the molecule is CC(CN1CCN(c2ccccn2)CC1)NC(=O)C(C)NC(=O)c1ccc(Cl)cc1. The van der Waals surface area contributed by atoms with Crippen molar-refractivity contribution in [2.45, 2.75) is 25.9 Å². The van der Waals surface area contributed by atoms with Crippen molar-refractivity contribution < 1.29 is 9.59 Å². The second-order valence-corrected chi connectivity index (χ2v) is 8.02. The molecule has 2 heterocycles. The number of anilines is 1. The average Bonchev–Trinajstić information content (AvgIpc) is 2.75. The zero-order chi connectivity index (χ0) is 21.5. The first-order valence-corrected chi connectivity index (χ1v) is 10.6. The maximum atomic E-state index is 12.5. The first-order valence-electron chi connectivity index (χ1n) is 10.2. The lowest BCUT2D eigenvalue weighted by Gasteiger charge is -2.36. The van der Waals surface area contributed by atoms with Gasteiger partial charge >= 0.3 is 0 Å². The molecule has 7 nitrogen and oxygen atoms in total. The third kappa shape index (κ3) is 6.18. The first-order chi connectivity index (χ1) is 14.4. The van der Waals surface area contributed by atoms with Crippen molar-refractivity contribution in [3.63, 3.8) is 0 Å². The predicted molar refractivity (Wildman–Crippen MR) is 119 cm³/mol. The Morgan fingerprint density at radius 3 is 2.37 bits per heavy atom. The molecule has 0 aliphatic carbocycles. The van der Waals surface area contributed by atoms with Crippen LogP contribution in [0.1, 0.15) is 24.2 Å². The highest BCUT2D eigenvalue weighted by Crippen LogP contribution is 2.13. The highest BCUT2D eigenvalue weighted by molar-refractivity contribution is 6.30. The van der Waals surface area contributed by atoms with Crippen LogP contribution in [0, 0.1) is 0 Å². The molecule has 8 heteroatoms. The number of benzene rings is 1. The van der Waals surface area contributed by atoms with Gasteiger partial charge in [-0.05, 0) is 50.2 Å². The van der Waals surface area contributed by atoms with E-state index in [-0.39, 0.29) is 17.9 Å². The molecule has 160 valence electrons. The zero-order valence-electron chi connectivity index (χ0n) is 17.3. The Kier molecular flexibility index (Phi) is 7.65. The van der Waals surface area contributed by atoms with E-state index in [0.29, 0.717) is 10.6 Å². The number of carbonyl (C=O) groups excluding carboxylic acids is 2. The Morgan fingerprint density at radius 1 is 1.03 bits per heavy atom. The van der Waals surface area contributed by atoms with Crippen molar-refractivity contribution >= 4 is 29.2 Å². The van der Waals surface area contributed by atoms with E-state index in [1.807, 2.05) is 31.3 Å². The summed E-state index contributed by atoms with van der Waals surface area (Å²) in [5.41, 5.74) is 0.470. The van der Waals surface area contributed by atoms with Gasteiger partial charge in [-0.25, -0.2) is 4.98 Å². The number of nitrogens with zero attached hydrogens (tertiary/aromatic N) is 3. The topological polar surface area (TPSA) is 77.6 Å². The van der Waals surface area contributed by atoms with Gasteiger partial charge in [0.05, 0.1) is 0 Å². The van der Waals surface area contributed by atoms with Crippen molar-refractivity contribution in [2.24, 2.45) is 0 Å². The Labute approximate surface area is 182 Å². The summed E-state index contributed by atoms with van der Waals surface area (Å²) in [5.74, 6) is 0.508. The molecule has 3 rings (SSSR count). The third-order valence-corrected chi connectivity index (χ3v) is 5.37. The summed E-state index contributed by atoms with van der Waals surface area (Å²) in [6, 6.07) is 11.9. The molecule has 1 saturated heterocycles. The van der Waals surface area contributed by atoms with Crippen LogP contribution in [0.2, 0.25) is 5.02 Å². The fourth-order valence-electron chi connectivity index (χ4n) is 3.45. The number of hydrogen-bond donors (Lipinski definition) is 2. The van der Waals surface area contributed by atoms with Gasteiger partial charge in [-0.1, -0.05) is 17.7 Å². The van der Waals surface area contributed by atoms with Gasteiger partial charge in [0.2, 0.25) is 5.91 Å². The molecule has 1 aliphatic rings. The number of amides is 2. The number of rotatable bonds is 7. The van der Waals surface area contributed by atoms with Crippen LogP contribution in [0.4, 0.5) is 5.82 Å². The molecule has 1 aromatic heterocycles. The van der Waals surface area contributed by atoms with Crippen LogP contribution >= 0.6 is 11.6 Å². The lowest BCUT2D eigenvalue weighted by molar-refractivity contribution is -0.123. The zero-order valence-corrected chi connectivity index (χ0v) is 18.1. The molecular weight excluding hydrogens is 402 g/mol. The Morgan fingerprint density at radius 2 is 1.73 bits per heavy atom. The molecule has 1 aliphatic heterocycles. The van der Waals surface area contributed by atoms with E-state index >= 15 is 0 Å². The molecule has 0 saturated carbocycles. The Balaban J connectivity index is 1.41. The number of hydrogen-bond acceptors (Lipinski definition) is 5. The van der Waals surface area contributed by atoms with Gasteiger partial charge in [0.1, 0.15) is 11.9 Å². The number of piperazine rings is 1. The van der Waals surface area contributed by atoms with Crippen LogP contribution in [-0.4, -0.2) is 66.5 Å². The van der Waals surface area contributed by atoms with Gasteiger partial charge in [-0.2, -0.15) is 0 Å². The molecule has 1 fully saturated rings. The van der Waals surface area contributed by atoms with E-state index in [1.54, 1.807) is 31.2 Å². The number of aromatic nitrogens is 1. The summed E-state index contributed by atoms with van der Waals surface area (Å²) < 4.78 is 0. The van der Waals surface area contributed by atoms with Crippen LogP contribution in [-0.2, 0) is 4.79 Å². The van der Waals surface area contributed by atoms with Crippen LogP contribution in [0.3, 0.4) is 0 Å². The van der Waals surface area contributed by atoms with E-state index in [4.69, 9.17) is 11.6 Å². The number of carbonyl (C=O) groups is 2. The number of halogens is 1. The van der Waals surface area contributed by atoms with Gasteiger partial charge in [0.15, 0.2) is 0 Å². The quantitative estimate of drug-likeness (QED) is 0.705. The lowest BCUT2D eigenvalue weighted by atomic mass is 10.2. The summed E-state index contributed by atoms with van der Waals surface area (Å²) in [6.07, 6.45) is 1.81. The van der Waals surface area contributed by atoms with E-state index in [0.717, 1.165) is 38.5 Å². The van der Waals surface area contributed by atoms with E-state index < -0.39 is 6.04 Å². The molecule has 2 amide bonds. The van der Waals surface area contributed by atoms with Crippen LogP contribution in [0.15, 0.2) is 48.7 Å². The summed E-state index contributed by atoms with van der Waals surface area (Å²) >= 11 is 5.84. The maximum Gasteiger partial charge on any atom is 0.251 e. The number of nitrogens with one attached hydrogen (secondary N) is 2. The minimum atomic E-state index is -0.628. The fourth-order valence-corrected chi connectivity index (χ4v) is 3.57. The van der Waals surface area contributed by atoms with Crippen molar-refractivity contribution in [3.8, 4) is 0 Å². The minimum absolute atomic E-state index is 0.0196. The second-order valence-electron chi connectivity index (χ2n) is 7.59. The van der Waals surface area contributed by atoms with Gasteiger partial charge in [0.25, 0.3) is 5.91 Å². The minimum Gasteiger partial charge on any atom is -0.354 e. The monoisotopic (exact) mass is 429 g/mol. The summed E-state index contributed by atoms with van der Waals surface area (Å²) in [4.78, 5) is 33.8.